The minimum Gasteiger partial charge on any atom is -0.494 e. The first-order chi connectivity index (χ1) is 21.1. The summed E-state index contributed by atoms with van der Waals surface area (Å²) in [6.07, 6.45) is 0.113. The number of carbonyl (C=O) groups is 2. The molecule has 0 bridgehead atoms. The van der Waals surface area contributed by atoms with Gasteiger partial charge in [0.05, 0.1) is 18.4 Å². The van der Waals surface area contributed by atoms with Gasteiger partial charge in [-0.1, -0.05) is 140 Å². The van der Waals surface area contributed by atoms with Crippen LogP contribution in [0.15, 0.2) is 146 Å². The van der Waals surface area contributed by atoms with Gasteiger partial charge >= 0.3 is 0 Å². The highest BCUT2D eigenvalue weighted by Gasteiger charge is 2.29. The van der Waals surface area contributed by atoms with Crippen LogP contribution in [0.2, 0.25) is 0 Å². The first kappa shape index (κ1) is 29.3. The SMILES string of the molecule is CCCOc1ccc(C(NC(=O)C(c2ccccc2)c2ccccc2)NC(=O)C(c2ccccc2)c2ccccc2)cc1. The summed E-state index contributed by atoms with van der Waals surface area (Å²) >= 11 is 0. The van der Waals surface area contributed by atoms with Gasteiger partial charge in [0, 0.05) is 0 Å². The summed E-state index contributed by atoms with van der Waals surface area (Å²) in [6.45, 7) is 2.67. The Balaban J connectivity index is 1.49. The second-order valence-corrected chi connectivity index (χ2v) is 10.4. The number of ether oxygens (including phenoxy) is 1. The first-order valence-electron chi connectivity index (χ1n) is 14.7. The molecule has 0 aliphatic rings. The smallest absolute Gasteiger partial charge is 0.233 e. The van der Waals surface area contributed by atoms with E-state index in [1.165, 1.54) is 0 Å². The summed E-state index contributed by atoms with van der Waals surface area (Å²) in [5, 5.41) is 6.34. The monoisotopic (exact) mass is 568 g/mol. The molecule has 2 N–H and O–H groups in total. The Labute approximate surface area is 253 Å². The van der Waals surface area contributed by atoms with Gasteiger partial charge in [-0.3, -0.25) is 9.59 Å². The Morgan fingerprint density at radius 2 is 0.860 bits per heavy atom. The molecule has 0 saturated carbocycles. The second kappa shape index (κ2) is 14.6. The molecule has 0 unspecified atom stereocenters. The zero-order chi connectivity index (χ0) is 29.9. The molecule has 0 radical (unpaired) electrons. The zero-order valence-corrected chi connectivity index (χ0v) is 24.2. The highest BCUT2D eigenvalue weighted by molar-refractivity contribution is 5.90. The number of carbonyl (C=O) groups excluding carboxylic acids is 2. The summed E-state index contributed by atoms with van der Waals surface area (Å²) in [5.41, 5.74) is 4.21. The lowest BCUT2D eigenvalue weighted by atomic mass is 9.89. The fourth-order valence-corrected chi connectivity index (χ4v) is 5.20. The van der Waals surface area contributed by atoms with Crippen LogP contribution in [0.25, 0.3) is 0 Å². The molecule has 0 fully saturated rings. The minimum absolute atomic E-state index is 0.218. The minimum atomic E-state index is -0.787. The van der Waals surface area contributed by atoms with Crippen molar-refractivity contribution in [2.75, 3.05) is 6.61 Å². The van der Waals surface area contributed by atoms with Crippen molar-refractivity contribution in [2.24, 2.45) is 0 Å². The normalized spacial score (nSPS) is 11.0. The summed E-state index contributed by atoms with van der Waals surface area (Å²) in [7, 11) is 0. The van der Waals surface area contributed by atoms with Crippen LogP contribution >= 0.6 is 0 Å². The molecular weight excluding hydrogens is 532 g/mol. The van der Waals surface area contributed by atoms with E-state index in [-0.39, 0.29) is 11.8 Å². The largest absolute Gasteiger partial charge is 0.494 e. The van der Waals surface area contributed by atoms with E-state index in [4.69, 9.17) is 4.74 Å². The molecule has 0 aromatic heterocycles. The van der Waals surface area contributed by atoms with Crippen LogP contribution in [0.1, 0.15) is 59.2 Å². The van der Waals surface area contributed by atoms with Crippen LogP contribution in [-0.4, -0.2) is 18.4 Å². The first-order valence-corrected chi connectivity index (χ1v) is 14.7. The lowest BCUT2D eigenvalue weighted by Crippen LogP contribution is -2.44. The van der Waals surface area contributed by atoms with Crippen LogP contribution in [0.4, 0.5) is 0 Å². The van der Waals surface area contributed by atoms with Gasteiger partial charge in [0.1, 0.15) is 11.9 Å². The van der Waals surface area contributed by atoms with Crippen molar-refractivity contribution in [3.63, 3.8) is 0 Å². The third-order valence-corrected chi connectivity index (χ3v) is 7.32. The number of rotatable bonds is 12. The standard InChI is InChI=1S/C38H36N2O3/c1-2-27-43-33-25-23-32(24-26-33)36(39-37(41)34(28-15-7-3-8-16-28)29-17-9-4-10-18-29)40-38(42)35(30-19-11-5-12-20-30)31-21-13-6-14-22-31/h3-26,34-36H,2,27H2,1H3,(H,39,41)(H,40,42). The van der Waals surface area contributed by atoms with Gasteiger partial charge in [-0.25, -0.2) is 0 Å². The van der Waals surface area contributed by atoms with E-state index in [1.807, 2.05) is 146 Å². The molecule has 5 aromatic carbocycles. The van der Waals surface area contributed by atoms with Crippen LogP contribution < -0.4 is 15.4 Å². The van der Waals surface area contributed by atoms with Gasteiger partial charge in [0.2, 0.25) is 11.8 Å². The van der Waals surface area contributed by atoms with E-state index in [0.717, 1.165) is 40.0 Å². The molecule has 5 heteroatoms. The fourth-order valence-electron chi connectivity index (χ4n) is 5.20. The molecule has 0 spiro atoms. The molecule has 0 aliphatic carbocycles. The molecule has 0 aliphatic heterocycles. The molecule has 216 valence electrons. The molecule has 0 atom stereocenters. The van der Waals surface area contributed by atoms with Gasteiger partial charge < -0.3 is 15.4 Å². The fraction of sp³-hybridized carbons (Fsp3) is 0.158. The van der Waals surface area contributed by atoms with E-state index >= 15 is 0 Å². The lowest BCUT2D eigenvalue weighted by molar-refractivity contribution is -0.125. The van der Waals surface area contributed by atoms with Crippen molar-refractivity contribution in [1.82, 2.24) is 10.6 Å². The van der Waals surface area contributed by atoms with Crippen molar-refractivity contribution in [3.8, 4) is 5.75 Å². The highest BCUT2D eigenvalue weighted by Crippen LogP contribution is 2.28. The molecule has 0 saturated heterocycles. The van der Waals surface area contributed by atoms with Crippen LogP contribution in [-0.2, 0) is 9.59 Å². The van der Waals surface area contributed by atoms with Crippen molar-refractivity contribution in [2.45, 2.75) is 31.3 Å². The van der Waals surface area contributed by atoms with Crippen molar-refractivity contribution >= 4 is 11.8 Å². The number of benzene rings is 5. The Bertz CT molecular complexity index is 1400. The topological polar surface area (TPSA) is 67.4 Å². The molecular formula is C38H36N2O3. The zero-order valence-electron chi connectivity index (χ0n) is 24.2. The van der Waals surface area contributed by atoms with Crippen LogP contribution in [0, 0.1) is 0 Å². The molecule has 43 heavy (non-hydrogen) atoms. The van der Waals surface area contributed by atoms with Crippen LogP contribution in [0.3, 0.4) is 0 Å². The van der Waals surface area contributed by atoms with E-state index < -0.39 is 18.0 Å². The average Bonchev–Trinajstić information content (AvgIpc) is 3.06. The maximum atomic E-state index is 14.1. The average molecular weight is 569 g/mol. The summed E-state index contributed by atoms with van der Waals surface area (Å²) in [6, 6.07) is 46.3. The summed E-state index contributed by atoms with van der Waals surface area (Å²) in [5.74, 6) is -0.823. The predicted molar refractivity (Wildman–Crippen MR) is 171 cm³/mol. The summed E-state index contributed by atoms with van der Waals surface area (Å²) in [4.78, 5) is 28.3. The quantitative estimate of drug-likeness (QED) is 0.154. The predicted octanol–water partition coefficient (Wildman–Crippen LogP) is 7.37. The number of hydrogen-bond acceptors (Lipinski definition) is 3. The van der Waals surface area contributed by atoms with E-state index in [2.05, 4.69) is 17.6 Å². The van der Waals surface area contributed by atoms with E-state index in [9.17, 15) is 9.59 Å². The molecule has 5 aromatic rings. The van der Waals surface area contributed by atoms with Gasteiger partial charge in [-0.05, 0) is 46.4 Å². The Hall–Kier alpha value is -5.16. The van der Waals surface area contributed by atoms with E-state index in [1.54, 1.807) is 0 Å². The molecule has 0 heterocycles. The Morgan fingerprint density at radius 3 is 1.19 bits per heavy atom. The molecule has 5 rings (SSSR count). The molecule has 2 amide bonds. The van der Waals surface area contributed by atoms with E-state index in [0.29, 0.717) is 6.61 Å². The Kier molecular flexibility index (Phi) is 9.99. The number of hydrogen-bond donors (Lipinski definition) is 2. The van der Waals surface area contributed by atoms with Crippen LogP contribution in [0.5, 0.6) is 5.75 Å². The number of amides is 2. The van der Waals surface area contributed by atoms with Gasteiger partial charge in [0.25, 0.3) is 0 Å². The van der Waals surface area contributed by atoms with Gasteiger partial charge in [-0.15, -0.1) is 0 Å². The highest BCUT2D eigenvalue weighted by atomic mass is 16.5. The number of nitrogens with one attached hydrogen (secondary N) is 2. The third kappa shape index (κ3) is 7.57. The third-order valence-electron chi connectivity index (χ3n) is 7.32. The van der Waals surface area contributed by atoms with Gasteiger partial charge in [-0.2, -0.15) is 0 Å². The van der Waals surface area contributed by atoms with Crippen molar-refractivity contribution < 1.29 is 14.3 Å². The molecule has 5 nitrogen and oxygen atoms in total. The maximum Gasteiger partial charge on any atom is 0.233 e. The summed E-state index contributed by atoms with van der Waals surface area (Å²) < 4.78 is 5.79. The lowest BCUT2D eigenvalue weighted by Gasteiger charge is -2.27. The van der Waals surface area contributed by atoms with Crippen molar-refractivity contribution in [3.05, 3.63) is 173 Å². The van der Waals surface area contributed by atoms with Gasteiger partial charge in [0.15, 0.2) is 0 Å². The Morgan fingerprint density at radius 1 is 0.512 bits per heavy atom. The maximum absolute atomic E-state index is 14.1. The van der Waals surface area contributed by atoms with Crippen molar-refractivity contribution in [1.29, 1.82) is 0 Å². The second-order valence-electron chi connectivity index (χ2n) is 10.4.